The molecule has 2 aliphatic rings. The minimum absolute atomic E-state index is 0.114. The number of likely N-dealkylation sites (tertiary alicyclic amines) is 2. The first kappa shape index (κ1) is 29.5. The predicted molar refractivity (Wildman–Crippen MR) is 113 cm³/mol. The molecule has 2 aliphatic heterocycles. The number of rotatable bonds is 3. The highest BCUT2D eigenvalue weighted by Gasteiger charge is 2.42. The summed E-state index contributed by atoms with van der Waals surface area (Å²) in [5, 5.41) is 14.2. The Morgan fingerprint density at radius 2 is 1.46 bits per heavy atom. The molecule has 2 aromatic rings. The Bertz CT molecular complexity index is 1040. The van der Waals surface area contributed by atoms with Gasteiger partial charge in [-0.25, -0.2) is 14.6 Å². The maximum Gasteiger partial charge on any atom is 0.490 e. The normalized spacial score (nSPS) is 19.3. The smallest absolute Gasteiger partial charge is 0.475 e. The monoisotopic (exact) mass is 539 g/mol. The Labute approximate surface area is 206 Å². The van der Waals surface area contributed by atoms with Crippen LogP contribution in [0.4, 0.5) is 26.3 Å². The third-order valence-electron chi connectivity index (χ3n) is 5.53. The first-order chi connectivity index (χ1) is 17.1. The highest BCUT2D eigenvalue weighted by Crippen LogP contribution is 2.32. The van der Waals surface area contributed by atoms with Gasteiger partial charge in [-0.3, -0.25) is 14.7 Å². The van der Waals surface area contributed by atoms with Crippen molar-refractivity contribution in [1.29, 1.82) is 0 Å². The minimum atomic E-state index is -5.08. The zero-order valence-electron chi connectivity index (χ0n) is 19.3. The van der Waals surface area contributed by atoms with Crippen LogP contribution in [0.25, 0.3) is 0 Å². The number of fused-ring (bicyclic) bond motifs is 1. The molecule has 4 heterocycles. The van der Waals surface area contributed by atoms with Gasteiger partial charge in [0.1, 0.15) is 5.82 Å². The SMILES string of the molecule is Cn1ccnc1CN1C[C@@H]2CN(C(=O)c3cccnc3)C[C@@H]2C1.O=C(O)C(F)(F)F.O=C(O)C(F)(F)F. The van der Waals surface area contributed by atoms with Crippen molar-refractivity contribution in [3.05, 3.63) is 48.3 Å². The molecule has 4 rings (SSSR count). The van der Waals surface area contributed by atoms with Crippen LogP contribution in [0, 0.1) is 11.8 Å². The molecule has 0 spiro atoms. The second-order valence-electron chi connectivity index (χ2n) is 8.23. The highest BCUT2D eigenvalue weighted by atomic mass is 19.4. The Morgan fingerprint density at radius 1 is 0.946 bits per heavy atom. The molecule has 1 amide bonds. The van der Waals surface area contributed by atoms with Crippen LogP contribution >= 0.6 is 0 Å². The molecule has 0 radical (unpaired) electrons. The molecule has 37 heavy (non-hydrogen) atoms. The molecular formula is C21H23F6N5O5. The molecule has 10 nitrogen and oxygen atoms in total. The number of amides is 1. The molecule has 0 bridgehead atoms. The lowest BCUT2D eigenvalue weighted by Gasteiger charge is -2.21. The summed E-state index contributed by atoms with van der Waals surface area (Å²) in [6, 6.07) is 3.66. The van der Waals surface area contributed by atoms with Crippen LogP contribution in [0.5, 0.6) is 0 Å². The molecule has 2 fully saturated rings. The highest BCUT2D eigenvalue weighted by molar-refractivity contribution is 5.94. The summed E-state index contributed by atoms with van der Waals surface area (Å²) >= 11 is 0. The number of aryl methyl sites for hydroxylation is 1. The number of aromatic nitrogens is 3. The third kappa shape index (κ3) is 8.73. The first-order valence-electron chi connectivity index (χ1n) is 10.6. The summed E-state index contributed by atoms with van der Waals surface area (Å²) in [4.78, 5) is 43.2. The molecule has 0 unspecified atom stereocenters. The van der Waals surface area contributed by atoms with Gasteiger partial charge < -0.3 is 19.7 Å². The maximum absolute atomic E-state index is 12.5. The zero-order valence-corrected chi connectivity index (χ0v) is 19.3. The Kier molecular flexibility index (Phi) is 9.61. The van der Waals surface area contributed by atoms with Crippen LogP contribution in [0.1, 0.15) is 16.2 Å². The van der Waals surface area contributed by atoms with Crippen LogP contribution in [0.2, 0.25) is 0 Å². The number of imidazole rings is 1. The second-order valence-corrected chi connectivity index (χ2v) is 8.23. The number of carboxylic acids is 2. The average molecular weight is 539 g/mol. The molecular weight excluding hydrogens is 516 g/mol. The zero-order chi connectivity index (χ0) is 28.0. The molecule has 2 aromatic heterocycles. The van der Waals surface area contributed by atoms with Gasteiger partial charge in [0, 0.05) is 58.0 Å². The summed E-state index contributed by atoms with van der Waals surface area (Å²) in [6.07, 6.45) is -2.98. The van der Waals surface area contributed by atoms with E-state index in [0.29, 0.717) is 17.4 Å². The molecule has 204 valence electrons. The fraction of sp³-hybridized carbons (Fsp3) is 0.476. The van der Waals surface area contributed by atoms with Crippen molar-refractivity contribution in [2.75, 3.05) is 26.2 Å². The quantitative estimate of drug-likeness (QED) is 0.569. The first-order valence-corrected chi connectivity index (χ1v) is 10.6. The van der Waals surface area contributed by atoms with Gasteiger partial charge in [-0.15, -0.1) is 0 Å². The fourth-order valence-electron chi connectivity index (χ4n) is 3.81. The van der Waals surface area contributed by atoms with Gasteiger partial charge in [-0.05, 0) is 24.0 Å². The van der Waals surface area contributed by atoms with E-state index in [1.807, 2.05) is 36.5 Å². The van der Waals surface area contributed by atoms with E-state index in [-0.39, 0.29) is 5.91 Å². The lowest BCUT2D eigenvalue weighted by molar-refractivity contribution is -0.193. The molecule has 2 saturated heterocycles. The lowest BCUT2D eigenvalue weighted by Crippen LogP contribution is -2.33. The topological polar surface area (TPSA) is 129 Å². The van der Waals surface area contributed by atoms with E-state index < -0.39 is 24.3 Å². The van der Waals surface area contributed by atoms with Crippen molar-refractivity contribution >= 4 is 17.8 Å². The second kappa shape index (κ2) is 12.0. The van der Waals surface area contributed by atoms with Crippen molar-refractivity contribution in [2.24, 2.45) is 18.9 Å². The van der Waals surface area contributed by atoms with E-state index in [9.17, 15) is 31.1 Å². The molecule has 0 aromatic carbocycles. The number of carboxylic acid groups (broad SMARTS) is 2. The number of aliphatic carboxylic acids is 2. The van der Waals surface area contributed by atoms with Crippen LogP contribution < -0.4 is 0 Å². The molecule has 2 atom stereocenters. The van der Waals surface area contributed by atoms with E-state index in [1.54, 1.807) is 12.4 Å². The van der Waals surface area contributed by atoms with Crippen molar-refractivity contribution in [2.45, 2.75) is 18.9 Å². The Hall–Kier alpha value is -3.69. The third-order valence-corrected chi connectivity index (χ3v) is 5.53. The van der Waals surface area contributed by atoms with E-state index in [1.165, 1.54) is 0 Å². The van der Waals surface area contributed by atoms with Gasteiger partial charge in [-0.1, -0.05) is 0 Å². The van der Waals surface area contributed by atoms with E-state index in [4.69, 9.17) is 19.8 Å². The summed E-state index contributed by atoms with van der Waals surface area (Å²) in [5.74, 6) is -3.14. The number of alkyl halides is 6. The van der Waals surface area contributed by atoms with Crippen molar-refractivity contribution in [1.82, 2.24) is 24.3 Å². The standard InChI is InChI=1S/C17H21N5O.2C2HF3O2/c1-20-6-5-19-16(20)12-21-8-14-10-22(11-15(14)9-21)17(23)13-3-2-4-18-7-13;2*3-2(4,5)1(6)7/h2-7,14-15H,8-12H2,1H3;2*(H,6,7)/t14-,15+;;. The van der Waals surface area contributed by atoms with Gasteiger partial charge in [0.25, 0.3) is 5.91 Å². The maximum atomic E-state index is 12.5. The van der Waals surface area contributed by atoms with Gasteiger partial charge in [0.05, 0.1) is 12.1 Å². The Morgan fingerprint density at radius 3 is 1.84 bits per heavy atom. The number of halogens is 6. The van der Waals surface area contributed by atoms with Gasteiger partial charge in [-0.2, -0.15) is 26.3 Å². The Balaban J connectivity index is 0.000000286. The molecule has 16 heteroatoms. The number of carbonyl (C=O) groups is 3. The van der Waals surface area contributed by atoms with Gasteiger partial charge in [0.15, 0.2) is 0 Å². The van der Waals surface area contributed by atoms with Crippen molar-refractivity contribution in [3.63, 3.8) is 0 Å². The fourth-order valence-corrected chi connectivity index (χ4v) is 3.81. The number of carbonyl (C=O) groups excluding carboxylic acids is 1. The van der Waals surface area contributed by atoms with Crippen LogP contribution in [0.15, 0.2) is 36.9 Å². The van der Waals surface area contributed by atoms with E-state index in [0.717, 1.165) is 38.5 Å². The largest absolute Gasteiger partial charge is 0.490 e. The predicted octanol–water partition coefficient (Wildman–Crippen LogP) is 2.29. The van der Waals surface area contributed by atoms with Gasteiger partial charge in [0.2, 0.25) is 0 Å². The lowest BCUT2D eigenvalue weighted by atomic mass is 10.0. The summed E-state index contributed by atoms with van der Waals surface area (Å²) in [6.45, 7) is 4.71. The van der Waals surface area contributed by atoms with Crippen LogP contribution in [-0.4, -0.2) is 90.9 Å². The van der Waals surface area contributed by atoms with Crippen molar-refractivity contribution < 1.29 is 50.9 Å². The van der Waals surface area contributed by atoms with Crippen LogP contribution in [0.3, 0.4) is 0 Å². The molecule has 0 saturated carbocycles. The van der Waals surface area contributed by atoms with Crippen molar-refractivity contribution in [3.8, 4) is 0 Å². The van der Waals surface area contributed by atoms with E-state index in [2.05, 4.69) is 19.4 Å². The molecule has 0 aliphatic carbocycles. The minimum Gasteiger partial charge on any atom is -0.475 e. The average Bonchev–Trinajstić information content (AvgIpc) is 3.49. The van der Waals surface area contributed by atoms with E-state index >= 15 is 0 Å². The summed E-state index contributed by atoms with van der Waals surface area (Å²) in [7, 11) is 2.04. The molecule has 2 N–H and O–H groups in total. The van der Waals surface area contributed by atoms with Crippen LogP contribution in [-0.2, 0) is 23.2 Å². The van der Waals surface area contributed by atoms with Gasteiger partial charge >= 0.3 is 24.3 Å². The number of hydrogen-bond acceptors (Lipinski definition) is 6. The summed E-state index contributed by atoms with van der Waals surface area (Å²) < 4.78 is 65.5. The number of hydrogen-bond donors (Lipinski definition) is 2. The number of pyridine rings is 1. The summed E-state index contributed by atoms with van der Waals surface area (Å²) in [5.41, 5.74) is 0.692. The number of nitrogens with zero attached hydrogens (tertiary/aromatic N) is 5.